The van der Waals surface area contributed by atoms with Gasteiger partial charge in [0.25, 0.3) is 0 Å². The van der Waals surface area contributed by atoms with Gasteiger partial charge < -0.3 is 10.2 Å². The second kappa shape index (κ2) is 6.01. The number of hydrogen-bond donors (Lipinski definition) is 2. The van der Waals surface area contributed by atoms with Crippen LogP contribution in [0, 0.1) is 23.2 Å². The fourth-order valence-electron chi connectivity index (χ4n) is 3.53. The van der Waals surface area contributed by atoms with E-state index in [-0.39, 0.29) is 12.0 Å². The number of nitriles is 1. The first-order valence-corrected chi connectivity index (χ1v) is 7.15. The van der Waals surface area contributed by atoms with E-state index in [0.717, 1.165) is 19.3 Å². The van der Waals surface area contributed by atoms with Gasteiger partial charge in [0.05, 0.1) is 24.2 Å². The van der Waals surface area contributed by atoms with E-state index in [0.29, 0.717) is 19.0 Å². The van der Waals surface area contributed by atoms with Gasteiger partial charge >= 0.3 is 0 Å². The van der Waals surface area contributed by atoms with Gasteiger partial charge in [-0.2, -0.15) is 5.26 Å². The Balaban J connectivity index is 2.00. The molecular formula is C14H24N2O2. The summed E-state index contributed by atoms with van der Waals surface area (Å²) in [6, 6.07) is 2.65. The van der Waals surface area contributed by atoms with E-state index in [9.17, 15) is 15.5 Å². The van der Waals surface area contributed by atoms with E-state index in [1.807, 2.05) is 0 Å². The summed E-state index contributed by atoms with van der Waals surface area (Å²) in [5, 5.41) is 28.6. The molecule has 4 heteroatoms. The van der Waals surface area contributed by atoms with Crippen LogP contribution in [0.2, 0.25) is 0 Å². The molecule has 1 heterocycles. The van der Waals surface area contributed by atoms with Gasteiger partial charge in [0.15, 0.2) is 0 Å². The Bertz CT molecular complexity index is 305. The SMILES string of the molecule is CCCC1CCC(C#N)C(N2CC(O)C(O)C2)C1. The molecule has 1 saturated heterocycles. The Hall–Kier alpha value is -0.630. The molecule has 0 aromatic heterocycles. The predicted octanol–water partition coefficient (Wildman–Crippen LogP) is 1.13. The van der Waals surface area contributed by atoms with Crippen LogP contribution < -0.4 is 0 Å². The Morgan fingerprint density at radius 3 is 2.44 bits per heavy atom. The van der Waals surface area contributed by atoms with E-state index in [2.05, 4.69) is 17.9 Å². The third-order valence-electron chi connectivity index (χ3n) is 4.54. The van der Waals surface area contributed by atoms with Gasteiger partial charge in [0.1, 0.15) is 0 Å². The summed E-state index contributed by atoms with van der Waals surface area (Å²) in [5.74, 6) is 0.773. The van der Waals surface area contributed by atoms with Crippen molar-refractivity contribution < 1.29 is 10.2 Å². The minimum Gasteiger partial charge on any atom is -0.389 e. The van der Waals surface area contributed by atoms with Gasteiger partial charge in [-0.1, -0.05) is 19.8 Å². The highest BCUT2D eigenvalue weighted by Gasteiger charge is 2.40. The van der Waals surface area contributed by atoms with Crippen molar-refractivity contribution in [1.82, 2.24) is 4.90 Å². The zero-order chi connectivity index (χ0) is 13.1. The lowest BCUT2D eigenvalue weighted by Gasteiger charge is -2.38. The monoisotopic (exact) mass is 252 g/mol. The quantitative estimate of drug-likeness (QED) is 0.790. The van der Waals surface area contributed by atoms with E-state index in [4.69, 9.17) is 0 Å². The molecule has 102 valence electrons. The standard InChI is InChI=1S/C14H24N2O2/c1-2-3-10-4-5-11(7-15)12(6-10)16-8-13(17)14(18)9-16/h10-14,17-18H,2-6,8-9H2,1H3. The fourth-order valence-corrected chi connectivity index (χ4v) is 3.53. The van der Waals surface area contributed by atoms with Crippen molar-refractivity contribution in [3.8, 4) is 6.07 Å². The molecule has 5 unspecified atom stereocenters. The minimum atomic E-state index is -0.643. The number of aliphatic hydroxyl groups excluding tert-OH is 2. The van der Waals surface area contributed by atoms with Crippen LogP contribution in [0.1, 0.15) is 39.0 Å². The van der Waals surface area contributed by atoms with Gasteiger partial charge in [0, 0.05) is 19.1 Å². The molecule has 0 amide bonds. The van der Waals surface area contributed by atoms with Crippen molar-refractivity contribution in [3.05, 3.63) is 0 Å². The van der Waals surface area contributed by atoms with Crippen molar-refractivity contribution >= 4 is 0 Å². The van der Waals surface area contributed by atoms with Crippen LogP contribution >= 0.6 is 0 Å². The first-order valence-electron chi connectivity index (χ1n) is 7.15. The Morgan fingerprint density at radius 2 is 1.89 bits per heavy atom. The van der Waals surface area contributed by atoms with Crippen molar-refractivity contribution in [2.45, 2.75) is 57.3 Å². The summed E-state index contributed by atoms with van der Waals surface area (Å²) in [5.41, 5.74) is 0. The predicted molar refractivity (Wildman–Crippen MR) is 68.7 cm³/mol. The van der Waals surface area contributed by atoms with Crippen molar-refractivity contribution in [1.29, 1.82) is 5.26 Å². The molecule has 4 nitrogen and oxygen atoms in total. The largest absolute Gasteiger partial charge is 0.389 e. The van der Waals surface area contributed by atoms with E-state index in [1.54, 1.807) is 0 Å². The highest BCUT2D eigenvalue weighted by Crippen LogP contribution is 2.35. The summed E-state index contributed by atoms with van der Waals surface area (Å²) in [6.45, 7) is 3.24. The Labute approximate surface area is 109 Å². The zero-order valence-electron chi connectivity index (χ0n) is 11.1. The van der Waals surface area contributed by atoms with Crippen LogP contribution in [0.15, 0.2) is 0 Å². The molecule has 2 aliphatic rings. The third-order valence-corrected chi connectivity index (χ3v) is 4.54. The average Bonchev–Trinajstić information content (AvgIpc) is 2.70. The van der Waals surface area contributed by atoms with Gasteiger partial charge in [-0.25, -0.2) is 0 Å². The molecule has 2 rings (SSSR count). The highest BCUT2D eigenvalue weighted by molar-refractivity contribution is 5.00. The molecule has 0 aromatic carbocycles. The molecule has 2 fully saturated rings. The summed E-state index contributed by atoms with van der Waals surface area (Å²) >= 11 is 0. The molecule has 1 aliphatic carbocycles. The van der Waals surface area contributed by atoms with Crippen molar-refractivity contribution in [2.75, 3.05) is 13.1 Å². The molecular weight excluding hydrogens is 228 g/mol. The number of aliphatic hydroxyl groups is 2. The topological polar surface area (TPSA) is 67.5 Å². The molecule has 1 saturated carbocycles. The second-order valence-corrected chi connectivity index (χ2v) is 5.86. The van der Waals surface area contributed by atoms with Gasteiger partial charge in [-0.3, -0.25) is 4.90 Å². The summed E-state index contributed by atoms with van der Waals surface area (Å²) in [6.07, 6.45) is 4.31. The molecule has 18 heavy (non-hydrogen) atoms. The van der Waals surface area contributed by atoms with Crippen molar-refractivity contribution in [3.63, 3.8) is 0 Å². The summed E-state index contributed by atoms with van der Waals surface area (Å²) in [7, 11) is 0. The lowest BCUT2D eigenvalue weighted by molar-refractivity contribution is 0.0572. The summed E-state index contributed by atoms with van der Waals surface area (Å²) < 4.78 is 0. The van der Waals surface area contributed by atoms with Crippen LogP contribution in [0.25, 0.3) is 0 Å². The lowest BCUT2D eigenvalue weighted by Crippen LogP contribution is -2.43. The maximum atomic E-state index is 9.65. The molecule has 1 aliphatic heterocycles. The second-order valence-electron chi connectivity index (χ2n) is 5.86. The number of β-amino-alcohol motifs (C(OH)–C–C–N with tert-alkyl or cyclic N) is 2. The molecule has 5 atom stereocenters. The fraction of sp³-hybridized carbons (Fsp3) is 0.929. The van der Waals surface area contributed by atoms with Gasteiger partial charge in [0.2, 0.25) is 0 Å². The van der Waals surface area contributed by atoms with Crippen molar-refractivity contribution in [2.24, 2.45) is 11.8 Å². The molecule has 0 aromatic rings. The Kier molecular flexibility index (Phi) is 4.60. The van der Waals surface area contributed by atoms with Crippen LogP contribution in [0.4, 0.5) is 0 Å². The number of nitrogens with zero attached hydrogens (tertiary/aromatic N) is 2. The number of rotatable bonds is 3. The van der Waals surface area contributed by atoms with E-state index >= 15 is 0 Å². The van der Waals surface area contributed by atoms with Gasteiger partial charge in [-0.15, -0.1) is 0 Å². The molecule has 0 radical (unpaired) electrons. The first-order chi connectivity index (χ1) is 8.65. The first kappa shape index (κ1) is 13.8. The van der Waals surface area contributed by atoms with Crippen LogP contribution in [-0.4, -0.2) is 46.5 Å². The highest BCUT2D eigenvalue weighted by atomic mass is 16.3. The normalized spacial score (nSPS) is 41.8. The third kappa shape index (κ3) is 2.85. The maximum absolute atomic E-state index is 9.65. The zero-order valence-corrected chi connectivity index (χ0v) is 11.1. The number of hydrogen-bond acceptors (Lipinski definition) is 4. The molecule has 0 spiro atoms. The lowest BCUT2D eigenvalue weighted by atomic mass is 9.76. The minimum absolute atomic E-state index is 0.0654. The van der Waals surface area contributed by atoms with Crippen LogP contribution in [0.3, 0.4) is 0 Å². The number of likely N-dealkylation sites (tertiary alicyclic amines) is 1. The molecule has 2 N–H and O–H groups in total. The van der Waals surface area contributed by atoms with E-state index < -0.39 is 12.2 Å². The van der Waals surface area contributed by atoms with E-state index in [1.165, 1.54) is 12.8 Å². The average molecular weight is 252 g/mol. The Morgan fingerprint density at radius 1 is 1.22 bits per heavy atom. The van der Waals surface area contributed by atoms with Crippen LogP contribution in [-0.2, 0) is 0 Å². The maximum Gasteiger partial charge on any atom is 0.0938 e. The van der Waals surface area contributed by atoms with Crippen LogP contribution in [0.5, 0.6) is 0 Å². The molecule has 0 bridgehead atoms. The van der Waals surface area contributed by atoms with Gasteiger partial charge in [-0.05, 0) is 25.2 Å². The summed E-state index contributed by atoms with van der Waals surface area (Å²) in [4.78, 5) is 2.13. The smallest absolute Gasteiger partial charge is 0.0938 e.